The average Bonchev–Trinajstić information content (AvgIpc) is 2.77. The van der Waals surface area contributed by atoms with E-state index < -0.39 is 0 Å². The predicted octanol–water partition coefficient (Wildman–Crippen LogP) is 5.43. The van der Waals surface area contributed by atoms with Gasteiger partial charge in [-0.25, -0.2) is 0 Å². The topological polar surface area (TPSA) is 0 Å². The number of rotatable bonds is 4. The fraction of sp³-hybridized carbons (Fsp3) is 0.647. The van der Waals surface area contributed by atoms with E-state index in [1.807, 2.05) is 0 Å². The minimum atomic E-state index is 0.311. The molecule has 1 unspecified atom stereocenters. The minimum absolute atomic E-state index is 0.311. The summed E-state index contributed by atoms with van der Waals surface area (Å²) in [6.07, 6.45) is 15.9. The lowest BCUT2D eigenvalue weighted by atomic mass is 9.55. The van der Waals surface area contributed by atoms with Crippen LogP contribution in [0.3, 0.4) is 0 Å². The van der Waals surface area contributed by atoms with Gasteiger partial charge in [0.05, 0.1) is 0 Å². The van der Waals surface area contributed by atoms with Gasteiger partial charge in [0, 0.05) is 10.8 Å². The van der Waals surface area contributed by atoms with Gasteiger partial charge in [-0.3, -0.25) is 0 Å². The van der Waals surface area contributed by atoms with Crippen molar-refractivity contribution in [3.8, 4) is 0 Å². The van der Waals surface area contributed by atoms with Gasteiger partial charge in [-0.1, -0.05) is 57.6 Å². The first-order valence-electron chi connectivity index (χ1n) is 7.29. The monoisotopic (exact) mass is 230 g/mol. The molecule has 2 aliphatic carbocycles. The largest absolute Gasteiger partial charge is 0.0867 e. The molecule has 0 aromatic carbocycles. The Morgan fingerprint density at radius 2 is 1.76 bits per heavy atom. The van der Waals surface area contributed by atoms with E-state index in [1.165, 1.54) is 32.1 Å². The summed E-state index contributed by atoms with van der Waals surface area (Å²) in [6, 6.07) is 0. The Balaban J connectivity index is 2.58. The smallest absolute Gasteiger partial charge is 0.0158 e. The number of fused-ring (bicyclic) bond motifs is 1. The first-order valence-corrected chi connectivity index (χ1v) is 7.29. The summed E-state index contributed by atoms with van der Waals surface area (Å²) in [5.74, 6) is 0. The second-order valence-corrected chi connectivity index (χ2v) is 5.48. The zero-order valence-electron chi connectivity index (χ0n) is 11.8. The first-order chi connectivity index (χ1) is 8.19. The highest BCUT2D eigenvalue weighted by atomic mass is 14.5. The second-order valence-electron chi connectivity index (χ2n) is 5.48. The predicted molar refractivity (Wildman–Crippen MR) is 76.0 cm³/mol. The quantitative estimate of drug-likeness (QED) is 0.565. The highest BCUT2D eigenvalue weighted by Gasteiger charge is 2.51. The van der Waals surface area contributed by atoms with Crippen molar-refractivity contribution >= 4 is 0 Å². The summed E-state index contributed by atoms with van der Waals surface area (Å²) in [4.78, 5) is 0. The molecule has 2 rings (SSSR count). The summed E-state index contributed by atoms with van der Waals surface area (Å²) in [5.41, 5.74) is 4.04. The van der Waals surface area contributed by atoms with Crippen LogP contribution >= 0.6 is 0 Å². The number of hydrogen-bond acceptors (Lipinski definition) is 0. The molecular weight excluding hydrogens is 204 g/mol. The molecule has 0 N–H and O–H groups in total. The second kappa shape index (κ2) is 4.48. The van der Waals surface area contributed by atoms with Crippen molar-refractivity contribution in [2.24, 2.45) is 10.8 Å². The van der Waals surface area contributed by atoms with E-state index in [9.17, 15) is 0 Å². The van der Waals surface area contributed by atoms with Gasteiger partial charge in [0.25, 0.3) is 0 Å². The van der Waals surface area contributed by atoms with Gasteiger partial charge in [-0.15, -0.1) is 0 Å². The van der Waals surface area contributed by atoms with Crippen LogP contribution in [0.5, 0.6) is 0 Å². The fourth-order valence-corrected chi connectivity index (χ4v) is 4.25. The Morgan fingerprint density at radius 1 is 1.00 bits per heavy atom. The Bertz CT molecular complexity index is 383. The lowest BCUT2D eigenvalue weighted by Crippen LogP contribution is -2.39. The summed E-state index contributed by atoms with van der Waals surface area (Å²) >= 11 is 0. The van der Waals surface area contributed by atoms with Crippen molar-refractivity contribution in [2.45, 2.75) is 59.8 Å². The molecule has 0 aromatic heterocycles. The zero-order valence-corrected chi connectivity index (χ0v) is 11.8. The Hall–Kier alpha value is -0.780. The van der Waals surface area contributed by atoms with Crippen molar-refractivity contribution in [1.82, 2.24) is 0 Å². The molecule has 94 valence electrons. The van der Waals surface area contributed by atoms with E-state index in [0.717, 1.165) is 0 Å². The normalized spacial score (nSPS) is 35.5. The van der Waals surface area contributed by atoms with Gasteiger partial charge in [0.1, 0.15) is 0 Å². The molecular formula is C17H26. The first kappa shape index (κ1) is 12.7. The minimum Gasteiger partial charge on any atom is -0.0867 e. The third kappa shape index (κ3) is 1.49. The van der Waals surface area contributed by atoms with Crippen molar-refractivity contribution in [1.29, 1.82) is 0 Å². The Labute approximate surface area is 106 Å². The lowest BCUT2D eigenvalue weighted by molar-refractivity contribution is 0.173. The SMILES string of the molecule is CCC1=C(CC)C2(CC)CC=C[C@@]2(CC)C=C1. The number of hydrogen-bond donors (Lipinski definition) is 0. The van der Waals surface area contributed by atoms with Crippen molar-refractivity contribution < 1.29 is 0 Å². The standard InChI is InChI=1S/C17H26/c1-5-14-10-13-16(7-3)11-9-12-17(16,8-4)15(14)6-2/h9-11,13H,5-8,12H2,1-4H3/t16-,17?/m0/s1. The van der Waals surface area contributed by atoms with Crippen LogP contribution in [0.1, 0.15) is 59.8 Å². The van der Waals surface area contributed by atoms with E-state index in [4.69, 9.17) is 0 Å². The molecule has 0 saturated heterocycles. The molecule has 0 amide bonds. The molecule has 17 heavy (non-hydrogen) atoms. The molecule has 2 atom stereocenters. The van der Waals surface area contributed by atoms with E-state index in [2.05, 4.69) is 52.0 Å². The molecule has 0 nitrogen and oxygen atoms in total. The molecule has 0 aromatic rings. The maximum absolute atomic E-state index is 2.50. The van der Waals surface area contributed by atoms with Crippen molar-refractivity contribution in [3.05, 3.63) is 35.5 Å². The van der Waals surface area contributed by atoms with Gasteiger partial charge in [0.2, 0.25) is 0 Å². The Kier molecular flexibility index (Phi) is 3.34. The van der Waals surface area contributed by atoms with E-state index in [-0.39, 0.29) is 0 Å². The summed E-state index contributed by atoms with van der Waals surface area (Å²) in [7, 11) is 0. The van der Waals surface area contributed by atoms with E-state index >= 15 is 0 Å². The van der Waals surface area contributed by atoms with E-state index in [1.54, 1.807) is 11.1 Å². The van der Waals surface area contributed by atoms with Gasteiger partial charge in [-0.05, 0) is 37.7 Å². The highest BCUT2D eigenvalue weighted by molar-refractivity contribution is 5.45. The average molecular weight is 230 g/mol. The Morgan fingerprint density at radius 3 is 2.29 bits per heavy atom. The lowest BCUT2D eigenvalue weighted by Gasteiger charge is -2.48. The molecule has 0 saturated carbocycles. The molecule has 0 fully saturated rings. The van der Waals surface area contributed by atoms with Gasteiger partial charge >= 0.3 is 0 Å². The summed E-state index contributed by atoms with van der Waals surface area (Å²) in [5, 5.41) is 0. The van der Waals surface area contributed by atoms with Crippen molar-refractivity contribution in [3.63, 3.8) is 0 Å². The van der Waals surface area contributed by atoms with Gasteiger partial charge < -0.3 is 0 Å². The summed E-state index contributed by atoms with van der Waals surface area (Å²) in [6.45, 7) is 9.34. The molecule has 2 aliphatic rings. The van der Waals surface area contributed by atoms with Gasteiger partial charge in [0.15, 0.2) is 0 Å². The van der Waals surface area contributed by atoms with E-state index in [0.29, 0.717) is 10.8 Å². The number of allylic oxidation sites excluding steroid dienone is 6. The van der Waals surface area contributed by atoms with Crippen LogP contribution in [0.4, 0.5) is 0 Å². The zero-order chi connectivity index (χ0) is 12.5. The van der Waals surface area contributed by atoms with Crippen LogP contribution in [0.25, 0.3) is 0 Å². The molecule has 0 aliphatic heterocycles. The molecule has 0 bridgehead atoms. The van der Waals surface area contributed by atoms with Crippen LogP contribution in [0.2, 0.25) is 0 Å². The molecule has 0 heteroatoms. The van der Waals surface area contributed by atoms with Crippen LogP contribution in [0.15, 0.2) is 35.5 Å². The maximum atomic E-state index is 2.50. The third-order valence-corrected chi connectivity index (χ3v) is 5.24. The maximum Gasteiger partial charge on any atom is 0.0158 e. The molecule has 0 radical (unpaired) electrons. The highest BCUT2D eigenvalue weighted by Crippen LogP contribution is 2.61. The fourth-order valence-electron chi connectivity index (χ4n) is 4.25. The van der Waals surface area contributed by atoms with Crippen LogP contribution in [-0.2, 0) is 0 Å². The van der Waals surface area contributed by atoms with Crippen LogP contribution in [0, 0.1) is 10.8 Å². The third-order valence-electron chi connectivity index (χ3n) is 5.24. The van der Waals surface area contributed by atoms with Crippen LogP contribution < -0.4 is 0 Å². The summed E-state index contributed by atoms with van der Waals surface area (Å²) < 4.78 is 0. The van der Waals surface area contributed by atoms with Crippen molar-refractivity contribution in [2.75, 3.05) is 0 Å². The van der Waals surface area contributed by atoms with Crippen LogP contribution in [-0.4, -0.2) is 0 Å². The molecule has 0 heterocycles. The molecule has 0 spiro atoms. The van der Waals surface area contributed by atoms with Gasteiger partial charge in [-0.2, -0.15) is 0 Å².